The lowest BCUT2D eigenvalue weighted by atomic mass is 9.86. The van der Waals surface area contributed by atoms with Gasteiger partial charge in [0.1, 0.15) is 0 Å². The first-order valence-corrected chi connectivity index (χ1v) is 8.35. The Balaban J connectivity index is 2.14. The van der Waals surface area contributed by atoms with Gasteiger partial charge in [0.15, 0.2) is 0 Å². The molecule has 0 aromatic heterocycles. The SMILES string of the molecule is CC(C)(C)c1ccc(C#CC(=O)c2ccc(C(C)(C)C)cc2)cc1. The zero-order valence-electron chi connectivity index (χ0n) is 15.5. The van der Waals surface area contributed by atoms with Gasteiger partial charge in [-0.25, -0.2) is 0 Å². The second kappa shape index (κ2) is 6.65. The highest BCUT2D eigenvalue weighted by Crippen LogP contribution is 2.23. The van der Waals surface area contributed by atoms with Crippen molar-refractivity contribution in [1.82, 2.24) is 0 Å². The largest absolute Gasteiger partial charge is 0.279 e. The van der Waals surface area contributed by atoms with Crippen LogP contribution in [0.5, 0.6) is 0 Å². The maximum Gasteiger partial charge on any atom is 0.236 e. The lowest BCUT2D eigenvalue weighted by molar-refractivity contribution is 0.105. The Bertz CT molecular complexity index is 768. The normalized spacial score (nSPS) is 11.6. The molecule has 0 unspecified atom stereocenters. The van der Waals surface area contributed by atoms with E-state index >= 15 is 0 Å². The number of benzene rings is 2. The molecular weight excluding hydrogens is 292 g/mol. The van der Waals surface area contributed by atoms with Gasteiger partial charge >= 0.3 is 0 Å². The summed E-state index contributed by atoms with van der Waals surface area (Å²) in [6, 6.07) is 15.8. The van der Waals surface area contributed by atoms with E-state index in [4.69, 9.17) is 0 Å². The third-order valence-corrected chi connectivity index (χ3v) is 4.08. The molecule has 0 saturated carbocycles. The first kappa shape index (κ1) is 18.0. The standard InChI is InChI=1S/C23H26O/c1-22(2,3)19-12-7-17(8-13-19)9-16-21(24)18-10-14-20(15-11-18)23(4,5)6/h7-8,10-15H,1-6H3. The van der Waals surface area contributed by atoms with Crippen molar-refractivity contribution >= 4 is 5.78 Å². The molecule has 2 rings (SSSR count). The fourth-order valence-electron chi connectivity index (χ4n) is 2.38. The van der Waals surface area contributed by atoms with Crippen LogP contribution in [0.15, 0.2) is 48.5 Å². The molecule has 0 amide bonds. The molecule has 2 aromatic carbocycles. The van der Waals surface area contributed by atoms with Crippen LogP contribution in [0.3, 0.4) is 0 Å². The zero-order valence-corrected chi connectivity index (χ0v) is 15.5. The average molecular weight is 318 g/mol. The molecule has 0 saturated heterocycles. The van der Waals surface area contributed by atoms with E-state index in [1.165, 1.54) is 11.1 Å². The summed E-state index contributed by atoms with van der Waals surface area (Å²) in [5.74, 6) is 5.57. The van der Waals surface area contributed by atoms with E-state index < -0.39 is 0 Å². The van der Waals surface area contributed by atoms with Gasteiger partial charge in [-0.2, -0.15) is 0 Å². The van der Waals surface area contributed by atoms with E-state index in [1.54, 1.807) is 0 Å². The molecule has 1 nitrogen and oxygen atoms in total. The molecule has 0 spiro atoms. The van der Waals surface area contributed by atoms with Crippen LogP contribution < -0.4 is 0 Å². The summed E-state index contributed by atoms with van der Waals surface area (Å²) >= 11 is 0. The second-order valence-electron chi connectivity index (χ2n) is 8.23. The average Bonchev–Trinajstić information content (AvgIpc) is 2.51. The summed E-state index contributed by atoms with van der Waals surface area (Å²) in [5, 5.41) is 0. The minimum Gasteiger partial charge on any atom is -0.279 e. The summed E-state index contributed by atoms with van der Waals surface area (Å²) in [6.07, 6.45) is 0. The van der Waals surface area contributed by atoms with Crippen LogP contribution in [-0.4, -0.2) is 5.78 Å². The first-order valence-electron chi connectivity index (χ1n) is 8.35. The number of rotatable bonds is 1. The highest BCUT2D eigenvalue weighted by Gasteiger charge is 2.14. The lowest BCUT2D eigenvalue weighted by Gasteiger charge is -2.18. The number of ketones is 1. The molecule has 0 N–H and O–H groups in total. The summed E-state index contributed by atoms with van der Waals surface area (Å²) in [4.78, 5) is 12.2. The Morgan fingerprint density at radius 3 is 1.54 bits per heavy atom. The van der Waals surface area contributed by atoms with Crippen LogP contribution >= 0.6 is 0 Å². The Morgan fingerprint density at radius 2 is 1.12 bits per heavy atom. The fourth-order valence-corrected chi connectivity index (χ4v) is 2.38. The highest BCUT2D eigenvalue weighted by atomic mass is 16.1. The number of carbonyl (C=O) groups excluding carboxylic acids is 1. The van der Waals surface area contributed by atoms with Gasteiger partial charge in [-0.1, -0.05) is 83.9 Å². The summed E-state index contributed by atoms with van der Waals surface area (Å²) < 4.78 is 0. The van der Waals surface area contributed by atoms with Gasteiger partial charge in [0, 0.05) is 11.1 Å². The van der Waals surface area contributed by atoms with Crippen LogP contribution in [0.1, 0.15) is 68.6 Å². The molecule has 0 atom stereocenters. The number of carbonyl (C=O) groups is 1. The zero-order chi connectivity index (χ0) is 18.0. The summed E-state index contributed by atoms with van der Waals surface area (Å²) in [5.41, 5.74) is 4.19. The molecule has 124 valence electrons. The van der Waals surface area contributed by atoms with E-state index in [9.17, 15) is 4.79 Å². The number of hydrogen-bond donors (Lipinski definition) is 0. The number of hydrogen-bond acceptors (Lipinski definition) is 1. The van der Waals surface area contributed by atoms with Crippen LogP contribution in [0.25, 0.3) is 0 Å². The molecule has 0 fully saturated rings. The minimum absolute atomic E-state index is 0.0854. The molecule has 0 bridgehead atoms. The Kier molecular flexibility index (Phi) is 4.99. The molecule has 0 aliphatic carbocycles. The summed E-state index contributed by atoms with van der Waals surface area (Å²) in [6.45, 7) is 13.0. The monoisotopic (exact) mass is 318 g/mol. The van der Waals surface area contributed by atoms with Crippen LogP contribution in [0.2, 0.25) is 0 Å². The van der Waals surface area contributed by atoms with Crippen molar-refractivity contribution in [1.29, 1.82) is 0 Å². The van der Waals surface area contributed by atoms with Crippen LogP contribution in [-0.2, 0) is 10.8 Å². The third kappa shape index (κ3) is 4.59. The highest BCUT2D eigenvalue weighted by molar-refractivity contribution is 6.09. The number of Topliss-reactive ketones (excluding diaryl/α,β-unsaturated/α-hetero) is 1. The van der Waals surface area contributed by atoms with Gasteiger partial charge in [-0.3, -0.25) is 4.79 Å². The molecule has 0 radical (unpaired) electrons. The van der Waals surface area contributed by atoms with Gasteiger partial charge in [-0.05, 0) is 40.0 Å². The van der Waals surface area contributed by atoms with Crippen LogP contribution in [0, 0.1) is 11.8 Å². The van der Waals surface area contributed by atoms with E-state index in [1.807, 2.05) is 36.4 Å². The van der Waals surface area contributed by atoms with Crippen molar-refractivity contribution in [2.75, 3.05) is 0 Å². The molecule has 24 heavy (non-hydrogen) atoms. The topological polar surface area (TPSA) is 17.1 Å². The second-order valence-corrected chi connectivity index (χ2v) is 8.23. The minimum atomic E-state index is -0.143. The Morgan fingerprint density at radius 1 is 0.708 bits per heavy atom. The van der Waals surface area contributed by atoms with Gasteiger partial charge in [0.05, 0.1) is 0 Å². The van der Waals surface area contributed by atoms with E-state index in [-0.39, 0.29) is 16.6 Å². The molecule has 0 heterocycles. The quantitative estimate of drug-likeness (QED) is 0.500. The van der Waals surface area contributed by atoms with Crippen molar-refractivity contribution in [2.45, 2.75) is 52.4 Å². The fraction of sp³-hybridized carbons (Fsp3) is 0.348. The van der Waals surface area contributed by atoms with E-state index in [2.05, 4.69) is 65.5 Å². The van der Waals surface area contributed by atoms with E-state index in [0.29, 0.717) is 5.56 Å². The molecular formula is C23H26O. The predicted octanol–water partition coefficient (Wildman–Crippen LogP) is 5.52. The molecule has 0 aliphatic heterocycles. The maximum atomic E-state index is 12.2. The third-order valence-electron chi connectivity index (χ3n) is 4.08. The lowest BCUT2D eigenvalue weighted by Crippen LogP contribution is -2.11. The van der Waals surface area contributed by atoms with Crippen molar-refractivity contribution in [3.63, 3.8) is 0 Å². The maximum absolute atomic E-state index is 12.2. The predicted molar refractivity (Wildman–Crippen MR) is 101 cm³/mol. The van der Waals surface area contributed by atoms with Crippen molar-refractivity contribution < 1.29 is 4.79 Å². The van der Waals surface area contributed by atoms with Crippen LogP contribution in [0.4, 0.5) is 0 Å². The Labute approximate surface area is 146 Å². The first-order chi connectivity index (χ1) is 11.1. The molecule has 0 aliphatic rings. The van der Waals surface area contributed by atoms with Crippen molar-refractivity contribution in [3.05, 3.63) is 70.8 Å². The van der Waals surface area contributed by atoms with Crippen molar-refractivity contribution in [3.8, 4) is 11.8 Å². The summed E-state index contributed by atoms with van der Waals surface area (Å²) in [7, 11) is 0. The smallest absolute Gasteiger partial charge is 0.236 e. The van der Waals surface area contributed by atoms with E-state index in [0.717, 1.165) is 5.56 Å². The van der Waals surface area contributed by atoms with Gasteiger partial charge in [0.2, 0.25) is 5.78 Å². The molecule has 1 heteroatoms. The van der Waals surface area contributed by atoms with Gasteiger partial charge in [0.25, 0.3) is 0 Å². The van der Waals surface area contributed by atoms with Crippen molar-refractivity contribution in [2.24, 2.45) is 0 Å². The van der Waals surface area contributed by atoms with Gasteiger partial charge < -0.3 is 0 Å². The Hall–Kier alpha value is -2.33. The molecule has 2 aromatic rings. The van der Waals surface area contributed by atoms with Gasteiger partial charge in [-0.15, -0.1) is 0 Å².